The maximum atomic E-state index is 10.2. The summed E-state index contributed by atoms with van der Waals surface area (Å²) in [4.78, 5) is 22.4. The first-order valence-corrected chi connectivity index (χ1v) is 7.30. The lowest BCUT2D eigenvalue weighted by atomic mass is 10.0. The van der Waals surface area contributed by atoms with E-state index in [0.717, 1.165) is 24.3 Å². The SMILES string of the molecule is CC/C=C/C1CSCC(P(O)N=O)C1. The van der Waals surface area contributed by atoms with E-state index in [9.17, 15) is 9.80 Å². The number of hydrogen-bond donors (Lipinski definition) is 1. The van der Waals surface area contributed by atoms with Gasteiger partial charge in [-0.15, -0.1) is 4.91 Å². The van der Waals surface area contributed by atoms with Crippen LogP contribution in [0.15, 0.2) is 17.1 Å². The van der Waals surface area contributed by atoms with Crippen LogP contribution >= 0.6 is 20.1 Å². The van der Waals surface area contributed by atoms with E-state index in [0.29, 0.717) is 5.92 Å². The molecule has 0 aromatic rings. The molecule has 0 aromatic heterocycles. The summed E-state index contributed by atoms with van der Waals surface area (Å²) in [5.74, 6) is 2.50. The van der Waals surface area contributed by atoms with Gasteiger partial charge in [0.2, 0.25) is 8.30 Å². The van der Waals surface area contributed by atoms with E-state index in [4.69, 9.17) is 0 Å². The fourth-order valence-electron chi connectivity index (χ4n) is 1.53. The standard InChI is InChI=1S/C9H16NO2PS/c1-2-3-4-8-5-9(7-14-6-8)13(12)10-11/h3-4,8-9,12H,2,5-7H2,1H3/b4-3+. The van der Waals surface area contributed by atoms with Crippen LogP contribution in [0.4, 0.5) is 0 Å². The lowest BCUT2D eigenvalue weighted by Gasteiger charge is -2.26. The molecule has 3 unspecified atom stereocenters. The first-order valence-electron chi connectivity index (χ1n) is 4.83. The van der Waals surface area contributed by atoms with E-state index in [1.54, 1.807) is 0 Å². The van der Waals surface area contributed by atoms with Gasteiger partial charge in [0.25, 0.3) is 0 Å². The topological polar surface area (TPSA) is 49.7 Å². The van der Waals surface area contributed by atoms with Crippen molar-refractivity contribution < 1.29 is 4.89 Å². The van der Waals surface area contributed by atoms with Crippen LogP contribution in [0.5, 0.6) is 0 Å². The molecule has 1 heterocycles. The van der Waals surface area contributed by atoms with Crippen LogP contribution in [0, 0.1) is 10.8 Å². The average molecular weight is 233 g/mol. The van der Waals surface area contributed by atoms with E-state index in [-0.39, 0.29) is 5.66 Å². The van der Waals surface area contributed by atoms with Crippen LogP contribution in [0.25, 0.3) is 0 Å². The van der Waals surface area contributed by atoms with Gasteiger partial charge < -0.3 is 4.89 Å². The smallest absolute Gasteiger partial charge is 0.202 e. The summed E-state index contributed by atoms with van der Waals surface area (Å²) in [7, 11) is -1.62. The molecule has 0 spiro atoms. The Kier molecular flexibility index (Phi) is 5.68. The Bertz CT molecular complexity index is 213. The molecule has 5 heteroatoms. The number of allylic oxidation sites excluding steroid dienone is 2. The van der Waals surface area contributed by atoms with Crippen LogP contribution in [-0.4, -0.2) is 22.1 Å². The fraction of sp³-hybridized carbons (Fsp3) is 0.778. The lowest BCUT2D eigenvalue weighted by Crippen LogP contribution is -2.21. The average Bonchev–Trinajstić information content (AvgIpc) is 2.25. The number of thioether (sulfide) groups is 1. The van der Waals surface area contributed by atoms with Crippen LogP contribution in [0.1, 0.15) is 19.8 Å². The van der Waals surface area contributed by atoms with Crippen molar-refractivity contribution >= 4 is 20.1 Å². The minimum Gasteiger partial charge on any atom is -0.351 e. The Morgan fingerprint density at radius 2 is 2.43 bits per heavy atom. The first kappa shape index (κ1) is 12.2. The zero-order valence-electron chi connectivity index (χ0n) is 8.30. The maximum Gasteiger partial charge on any atom is 0.202 e. The van der Waals surface area contributed by atoms with E-state index in [2.05, 4.69) is 24.0 Å². The van der Waals surface area contributed by atoms with Crippen LogP contribution in [0.3, 0.4) is 0 Å². The highest BCUT2D eigenvalue weighted by Crippen LogP contribution is 2.45. The normalized spacial score (nSPS) is 30.4. The van der Waals surface area contributed by atoms with Gasteiger partial charge in [0.05, 0.1) is 0 Å². The zero-order chi connectivity index (χ0) is 10.4. The van der Waals surface area contributed by atoms with Crippen molar-refractivity contribution in [3.63, 3.8) is 0 Å². The second-order valence-electron chi connectivity index (χ2n) is 3.43. The van der Waals surface area contributed by atoms with Crippen molar-refractivity contribution in [1.82, 2.24) is 0 Å². The summed E-state index contributed by atoms with van der Waals surface area (Å²) < 4.78 is 0. The predicted molar refractivity (Wildman–Crippen MR) is 63.6 cm³/mol. The molecular weight excluding hydrogens is 217 g/mol. The zero-order valence-corrected chi connectivity index (χ0v) is 10.0. The molecule has 0 saturated carbocycles. The quantitative estimate of drug-likeness (QED) is 0.461. The summed E-state index contributed by atoms with van der Waals surface area (Å²) in [6.45, 7) is 2.11. The molecule has 0 bridgehead atoms. The largest absolute Gasteiger partial charge is 0.351 e. The molecule has 3 atom stereocenters. The van der Waals surface area contributed by atoms with Gasteiger partial charge in [-0.1, -0.05) is 19.1 Å². The van der Waals surface area contributed by atoms with Crippen molar-refractivity contribution in [1.29, 1.82) is 0 Å². The Labute approximate surface area is 90.2 Å². The fourth-order valence-corrected chi connectivity index (χ4v) is 4.07. The molecule has 0 aromatic carbocycles. The third kappa shape index (κ3) is 3.68. The molecule has 0 radical (unpaired) electrons. The highest BCUT2D eigenvalue weighted by atomic mass is 32.2. The molecule has 0 aliphatic carbocycles. The number of nitroso groups, excluding NO2 is 1. The highest BCUT2D eigenvalue weighted by Gasteiger charge is 2.27. The number of rotatable bonds is 4. The lowest BCUT2D eigenvalue weighted by molar-refractivity contribution is 0.568. The minimum atomic E-state index is -1.62. The van der Waals surface area contributed by atoms with E-state index >= 15 is 0 Å². The Morgan fingerprint density at radius 3 is 3.07 bits per heavy atom. The van der Waals surface area contributed by atoms with Crippen molar-refractivity contribution in [2.24, 2.45) is 10.9 Å². The van der Waals surface area contributed by atoms with Crippen LogP contribution in [0.2, 0.25) is 0 Å². The summed E-state index contributed by atoms with van der Waals surface area (Å²) in [5, 5.41) is 0. The molecular formula is C9H16NO2PS. The van der Waals surface area contributed by atoms with Crippen molar-refractivity contribution in [3.05, 3.63) is 17.1 Å². The van der Waals surface area contributed by atoms with Crippen molar-refractivity contribution in [2.75, 3.05) is 11.5 Å². The van der Waals surface area contributed by atoms with Gasteiger partial charge in [0.15, 0.2) is 0 Å². The second kappa shape index (κ2) is 6.54. The summed E-state index contributed by atoms with van der Waals surface area (Å²) in [5.41, 5.74) is 0.104. The van der Waals surface area contributed by atoms with Gasteiger partial charge in [0, 0.05) is 11.4 Å². The summed E-state index contributed by atoms with van der Waals surface area (Å²) >= 11 is 1.81. The number of nitrogens with zero attached hydrogens (tertiary/aromatic N) is 1. The van der Waals surface area contributed by atoms with Gasteiger partial charge in [-0.2, -0.15) is 11.8 Å². The monoisotopic (exact) mass is 233 g/mol. The third-order valence-corrected chi connectivity index (χ3v) is 5.03. The van der Waals surface area contributed by atoms with Gasteiger partial charge in [0.1, 0.15) is 0 Å². The van der Waals surface area contributed by atoms with E-state index in [1.165, 1.54) is 0 Å². The molecule has 1 fully saturated rings. The highest BCUT2D eigenvalue weighted by molar-refractivity contribution is 7.99. The van der Waals surface area contributed by atoms with Gasteiger partial charge in [-0.05, 0) is 29.5 Å². The number of hydrogen-bond acceptors (Lipinski definition) is 4. The van der Waals surface area contributed by atoms with Gasteiger partial charge in [-0.3, -0.25) is 0 Å². The minimum absolute atomic E-state index is 0.104. The van der Waals surface area contributed by atoms with Crippen molar-refractivity contribution in [3.8, 4) is 0 Å². The molecule has 80 valence electrons. The molecule has 1 aliphatic rings. The Hall–Kier alpha value is 0.0800. The maximum absolute atomic E-state index is 10.2. The summed E-state index contributed by atoms with van der Waals surface area (Å²) in [6, 6.07) is 0. The molecule has 1 rings (SSSR count). The molecule has 1 N–H and O–H groups in total. The van der Waals surface area contributed by atoms with Crippen LogP contribution in [-0.2, 0) is 0 Å². The van der Waals surface area contributed by atoms with Gasteiger partial charge in [-0.25, -0.2) is 0 Å². The van der Waals surface area contributed by atoms with Crippen molar-refractivity contribution in [2.45, 2.75) is 25.4 Å². The van der Waals surface area contributed by atoms with Crippen LogP contribution < -0.4 is 0 Å². The third-order valence-electron chi connectivity index (χ3n) is 2.27. The second-order valence-corrected chi connectivity index (χ2v) is 6.03. The molecule has 14 heavy (non-hydrogen) atoms. The Morgan fingerprint density at radius 1 is 1.64 bits per heavy atom. The molecule has 3 nitrogen and oxygen atoms in total. The van der Waals surface area contributed by atoms with Gasteiger partial charge >= 0.3 is 0 Å². The predicted octanol–water partition coefficient (Wildman–Crippen LogP) is 3.14. The molecule has 1 aliphatic heterocycles. The summed E-state index contributed by atoms with van der Waals surface area (Å²) in [6.07, 6.45) is 6.32. The molecule has 1 saturated heterocycles. The Balaban J connectivity index is 2.43. The van der Waals surface area contributed by atoms with E-state index in [1.807, 2.05) is 11.8 Å². The molecule has 0 amide bonds. The first-order chi connectivity index (χ1) is 6.77. The van der Waals surface area contributed by atoms with E-state index < -0.39 is 8.30 Å².